The molecule has 0 unspecified atom stereocenters. The van der Waals surface area contributed by atoms with Gasteiger partial charge in [-0.15, -0.1) is 0 Å². The fraction of sp³-hybridized carbons (Fsp3) is 0.538. The number of nitrogen functional groups attached to an aromatic ring is 1. The van der Waals surface area contributed by atoms with E-state index in [1.54, 1.807) is 19.2 Å². The number of unbranched alkanes of at least 4 members (excludes halogenated alkanes) is 1. The molecule has 0 aliphatic carbocycles. The third-order valence-electron chi connectivity index (χ3n) is 2.60. The lowest BCUT2D eigenvalue weighted by Crippen LogP contribution is -2.25. The van der Waals surface area contributed by atoms with Gasteiger partial charge in [0.05, 0.1) is 13.2 Å². The van der Waals surface area contributed by atoms with Crippen molar-refractivity contribution in [2.75, 3.05) is 38.9 Å². The number of nitrogens with zero attached hydrogens (tertiary/aromatic N) is 1. The summed E-state index contributed by atoms with van der Waals surface area (Å²) in [7, 11) is 1.64. The van der Waals surface area contributed by atoms with Crippen LogP contribution in [0.4, 0.5) is 5.82 Å². The van der Waals surface area contributed by atoms with Crippen LogP contribution in [0.15, 0.2) is 18.3 Å². The predicted octanol–water partition coefficient (Wildman–Crippen LogP) is 0.540. The quantitative estimate of drug-likeness (QED) is 0.329. The van der Waals surface area contributed by atoms with Crippen LogP contribution in [0.2, 0.25) is 0 Å². The van der Waals surface area contributed by atoms with Gasteiger partial charge < -0.3 is 20.2 Å². The first-order valence-electron chi connectivity index (χ1n) is 6.55. The Bertz CT molecular complexity index is 401. The molecule has 0 saturated heterocycles. The average Bonchev–Trinajstić information content (AvgIpc) is 2.49. The standard InChI is InChI=1S/C13H22N4O3/c1-19-8-9-20-7-3-2-5-16-13(18)11-4-6-15-12(10-11)17-14/h4,6,10H,2-3,5,7-9,14H2,1H3,(H,15,17)(H,16,18). The Morgan fingerprint density at radius 1 is 1.35 bits per heavy atom. The fourth-order valence-electron chi connectivity index (χ4n) is 1.53. The van der Waals surface area contributed by atoms with Crippen LogP contribution in [0.3, 0.4) is 0 Å². The number of methoxy groups -OCH3 is 1. The van der Waals surface area contributed by atoms with Crippen LogP contribution in [-0.4, -0.2) is 44.4 Å². The van der Waals surface area contributed by atoms with E-state index in [9.17, 15) is 4.79 Å². The fourth-order valence-corrected chi connectivity index (χ4v) is 1.53. The number of carbonyl (C=O) groups is 1. The minimum absolute atomic E-state index is 0.135. The summed E-state index contributed by atoms with van der Waals surface area (Å²) in [6.07, 6.45) is 3.30. The molecule has 1 amide bonds. The molecular formula is C13H22N4O3. The highest BCUT2D eigenvalue weighted by Gasteiger charge is 2.05. The van der Waals surface area contributed by atoms with Crippen LogP contribution in [-0.2, 0) is 9.47 Å². The van der Waals surface area contributed by atoms with Gasteiger partial charge in [0.15, 0.2) is 0 Å². The molecule has 112 valence electrons. The van der Waals surface area contributed by atoms with Crippen molar-refractivity contribution in [2.45, 2.75) is 12.8 Å². The number of ether oxygens (including phenoxy) is 2. The number of carbonyl (C=O) groups excluding carboxylic acids is 1. The number of nitrogens with two attached hydrogens (primary N) is 1. The lowest BCUT2D eigenvalue weighted by atomic mass is 10.2. The van der Waals surface area contributed by atoms with Crippen molar-refractivity contribution in [2.24, 2.45) is 5.84 Å². The van der Waals surface area contributed by atoms with E-state index in [1.165, 1.54) is 6.20 Å². The molecule has 1 heterocycles. The number of hydrazine groups is 1. The van der Waals surface area contributed by atoms with Gasteiger partial charge in [0.1, 0.15) is 5.82 Å². The number of hydrogen-bond acceptors (Lipinski definition) is 6. The van der Waals surface area contributed by atoms with E-state index in [0.717, 1.165) is 12.8 Å². The average molecular weight is 282 g/mol. The highest BCUT2D eigenvalue weighted by Crippen LogP contribution is 2.05. The van der Waals surface area contributed by atoms with Crippen LogP contribution >= 0.6 is 0 Å². The minimum atomic E-state index is -0.135. The zero-order valence-electron chi connectivity index (χ0n) is 11.7. The molecule has 4 N–H and O–H groups in total. The van der Waals surface area contributed by atoms with Crippen molar-refractivity contribution in [1.29, 1.82) is 0 Å². The number of pyridine rings is 1. The van der Waals surface area contributed by atoms with Crippen molar-refractivity contribution in [3.8, 4) is 0 Å². The third kappa shape index (κ3) is 6.46. The Morgan fingerprint density at radius 3 is 2.95 bits per heavy atom. The molecule has 7 nitrogen and oxygen atoms in total. The van der Waals surface area contributed by atoms with Crippen molar-refractivity contribution in [1.82, 2.24) is 10.3 Å². The lowest BCUT2D eigenvalue weighted by molar-refractivity contribution is 0.0686. The SMILES string of the molecule is COCCOCCCCNC(=O)c1ccnc(NN)c1. The monoisotopic (exact) mass is 282 g/mol. The van der Waals surface area contributed by atoms with Gasteiger partial charge in [-0.25, -0.2) is 10.8 Å². The Labute approximate surface area is 118 Å². The maximum absolute atomic E-state index is 11.8. The van der Waals surface area contributed by atoms with Gasteiger partial charge in [-0.3, -0.25) is 4.79 Å². The number of anilines is 1. The second kappa shape index (κ2) is 10.1. The molecule has 0 aromatic carbocycles. The molecule has 1 rings (SSSR count). The van der Waals surface area contributed by atoms with Crippen LogP contribution in [0.1, 0.15) is 23.2 Å². The molecule has 0 fully saturated rings. The molecule has 1 aromatic rings. The Morgan fingerprint density at radius 2 is 2.20 bits per heavy atom. The van der Waals surface area contributed by atoms with Gasteiger partial charge >= 0.3 is 0 Å². The first-order valence-corrected chi connectivity index (χ1v) is 6.55. The van der Waals surface area contributed by atoms with Gasteiger partial charge in [0, 0.05) is 32.0 Å². The summed E-state index contributed by atoms with van der Waals surface area (Å²) in [5, 5.41) is 2.84. The summed E-state index contributed by atoms with van der Waals surface area (Å²) in [6.45, 7) is 2.50. The molecule has 0 aliphatic rings. The van der Waals surface area contributed by atoms with Gasteiger partial charge in [-0.05, 0) is 25.0 Å². The van der Waals surface area contributed by atoms with Crippen LogP contribution < -0.4 is 16.6 Å². The Balaban J connectivity index is 2.13. The number of nitrogens with one attached hydrogen (secondary N) is 2. The summed E-state index contributed by atoms with van der Waals surface area (Å²) in [5.41, 5.74) is 2.94. The number of aromatic nitrogens is 1. The Hall–Kier alpha value is -1.70. The number of amides is 1. The van der Waals surface area contributed by atoms with Crippen molar-refractivity contribution in [3.63, 3.8) is 0 Å². The molecule has 0 spiro atoms. The zero-order chi connectivity index (χ0) is 14.6. The maximum atomic E-state index is 11.8. The number of rotatable bonds is 10. The normalized spacial score (nSPS) is 10.3. The molecule has 0 bridgehead atoms. The summed E-state index contributed by atoms with van der Waals surface area (Å²) in [6, 6.07) is 3.24. The largest absolute Gasteiger partial charge is 0.382 e. The Kier molecular flexibility index (Phi) is 8.28. The molecule has 0 atom stereocenters. The van der Waals surface area contributed by atoms with E-state index in [4.69, 9.17) is 15.3 Å². The van der Waals surface area contributed by atoms with Gasteiger partial charge in [-0.2, -0.15) is 0 Å². The van der Waals surface area contributed by atoms with Crippen molar-refractivity contribution >= 4 is 11.7 Å². The van der Waals surface area contributed by atoms with Crippen LogP contribution in [0.25, 0.3) is 0 Å². The topological polar surface area (TPSA) is 98.5 Å². The highest BCUT2D eigenvalue weighted by atomic mass is 16.5. The molecule has 0 saturated carbocycles. The molecule has 20 heavy (non-hydrogen) atoms. The number of hydrogen-bond donors (Lipinski definition) is 3. The summed E-state index contributed by atoms with van der Waals surface area (Å²) in [4.78, 5) is 15.8. The molecule has 7 heteroatoms. The smallest absolute Gasteiger partial charge is 0.251 e. The van der Waals surface area contributed by atoms with E-state index in [-0.39, 0.29) is 5.91 Å². The highest BCUT2D eigenvalue weighted by molar-refractivity contribution is 5.94. The van der Waals surface area contributed by atoms with Crippen molar-refractivity contribution in [3.05, 3.63) is 23.9 Å². The minimum Gasteiger partial charge on any atom is -0.382 e. The molecule has 0 radical (unpaired) electrons. The first kappa shape index (κ1) is 16.4. The second-order valence-electron chi connectivity index (χ2n) is 4.14. The van der Waals surface area contributed by atoms with Crippen LogP contribution in [0, 0.1) is 0 Å². The van der Waals surface area contributed by atoms with E-state index in [0.29, 0.717) is 37.7 Å². The molecule has 1 aromatic heterocycles. The predicted molar refractivity (Wildman–Crippen MR) is 76.3 cm³/mol. The summed E-state index contributed by atoms with van der Waals surface area (Å²) >= 11 is 0. The van der Waals surface area contributed by atoms with Gasteiger partial charge in [-0.1, -0.05) is 0 Å². The third-order valence-corrected chi connectivity index (χ3v) is 2.60. The van der Waals surface area contributed by atoms with E-state index in [1.807, 2.05) is 0 Å². The maximum Gasteiger partial charge on any atom is 0.251 e. The molecule has 0 aliphatic heterocycles. The second-order valence-corrected chi connectivity index (χ2v) is 4.14. The van der Waals surface area contributed by atoms with Crippen LogP contribution in [0.5, 0.6) is 0 Å². The summed E-state index contributed by atoms with van der Waals surface area (Å²) < 4.78 is 10.2. The van der Waals surface area contributed by atoms with E-state index < -0.39 is 0 Å². The lowest BCUT2D eigenvalue weighted by Gasteiger charge is -2.07. The van der Waals surface area contributed by atoms with E-state index in [2.05, 4.69) is 15.7 Å². The van der Waals surface area contributed by atoms with Gasteiger partial charge in [0.2, 0.25) is 0 Å². The van der Waals surface area contributed by atoms with E-state index >= 15 is 0 Å². The van der Waals surface area contributed by atoms with Crippen molar-refractivity contribution < 1.29 is 14.3 Å². The molecular weight excluding hydrogens is 260 g/mol. The first-order chi connectivity index (χ1) is 9.77. The zero-order valence-corrected chi connectivity index (χ0v) is 11.7. The van der Waals surface area contributed by atoms with Gasteiger partial charge in [0.25, 0.3) is 5.91 Å². The summed E-state index contributed by atoms with van der Waals surface area (Å²) in [5.74, 6) is 5.57.